The molecule has 0 aliphatic heterocycles. The zero-order valence-corrected chi connectivity index (χ0v) is 20.1. The monoisotopic (exact) mass is 478 g/mol. The number of amides is 2. The Labute approximate surface area is 198 Å². The lowest BCUT2D eigenvalue weighted by atomic mass is 10.1. The number of hydrogen-bond acceptors (Lipinski definition) is 6. The van der Waals surface area contributed by atoms with Gasteiger partial charge in [0.1, 0.15) is 11.3 Å². The summed E-state index contributed by atoms with van der Waals surface area (Å²) in [6.45, 7) is 6.36. The molecular formula is C24H26N6O3S. The number of pyridine rings is 2. The molecule has 3 aromatic heterocycles. The van der Waals surface area contributed by atoms with Crippen LogP contribution in [-0.4, -0.2) is 40.5 Å². The highest BCUT2D eigenvalue weighted by molar-refractivity contribution is 7.90. The second kappa shape index (κ2) is 9.60. The lowest BCUT2D eigenvalue weighted by Gasteiger charge is -2.10. The molecule has 0 atom stereocenters. The summed E-state index contributed by atoms with van der Waals surface area (Å²) >= 11 is 0. The van der Waals surface area contributed by atoms with Gasteiger partial charge in [0, 0.05) is 30.5 Å². The van der Waals surface area contributed by atoms with Crippen LogP contribution in [0.15, 0.2) is 59.8 Å². The molecule has 34 heavy (non-hydrogen) atoms. The number of hydrogen-bond donors (Lipinski definition) is 2. The maximum Gasteiger partial charge on any atom is 0.328 e. The van der Waals surface area contributed by atoms with Crippen molar-refractivity contribution in [1.29, 1.82) is 0 Å². The van der Waals surface area contributed by atoms with E-state index < -0.39 is 16.1 Å². The molecule has 3 heterocycles. The van der Waals surface area contributed by atoms with Gasteiger partial charge in [0.2, 0.25) is 0 Å². The molecule has 0 bridgehead atoms. The molecule has 0 aliphatic carbocycles. The summed E-state index contributed by atoms with van der Waals surface area (Å²) in [6, 6.07) is 13.7. The van der Waals surface area contributed by atoms with Gasteiger partial charge in [-0.1, -0.05) is 25.1 Å². The third kappa shape index (κ3) is 4.91. The molecule has 2 N–H and O–H groups in total. The number of carbonyl (C=O) groups excluding carboxylic acids is 1. The van der Waals surface area contributed by atoms with E-state index >= 15 is 0 Å². The Hall–Kier alpha value is -3.79. The van der Waals surface area contributed by atoms with Gasteiger partial charge >= 0.3 is 6.03 Å². The van der Waals surface area contributed by atoms with Crippen molar-refractivity contribution in [1.82, 2.24) is 29.6 Å². The Bertz CT molecular complexity index is 1430. The second-order valence-electron chi connectivity index (χ2n) is 7.92. The molecule has 0 spiro atoms. The Kier molecular flexibility index (Phi) is 6.60. The van der Waals surface area contributed by atoms with Gasteiger partial charge in [-0.15, -0.1) is 0 Å². The van der Waals surface area contributed by atoms with E-state index in [0.717, 1.165) is 45.9 Å². The van der Waals surface area contributed by atoms with E-state index in [1.165, 1.54) is 18.3 Å². The fourth-order valence-corrected chi connectivity index (χ4v) is 4.64. The van der Waals surface area contributed by atoms with Gasteiger partial charge in [0.05, 0.1) is 0 Å². The molecule has 1 aromatic carbocycles. The minimum absolute atomic E-state index is 0.209. The standard InChI is InChI=1S/C24H26N6O3S/c1-4-20-28-22-16(2)15-17(3)27-23(22)30(20)19-10-8-18(9-11-19)12-14-26-24(31)29-34(32,33)21-7-5-6-13-25-21/h5-11,13,15H,4,12,14H2,1-3H3,(H2,26,29,31). The lowest BCUT2D eigenvalue weighted by Crippen LogP contribution is -2.40. The van der Waals surface area contributed by atoms with Gasteiger partial charge in [-0.25, -0.2) is 24.5 Å². The summed E-state index contributed by atoms with van der Waals surface area (Å²) in [6.07, 6.45) is 2.67. The van der Waals surface area contributed by atoms with Crippen molar-refractivity contribution in [3.63, 3.8) is 0 Å². The largest absolute Gasteiger partial charge is 0.337 e. The van der Waals surface area contributed by atoms with Gasteiger partial charge < -0.3 is 5.32 Å². The zero-order chi connectivity index (χ0) is 24.3. The number of nitrogens with one attached hydrogen (secondary N) is 2. The predicted molar refractivity (Wildman–Crippen MR) is 129 cm³/mol. The summed E-state index contributed by atoms with van der Waals surface area (Å²) in [5, 5.41) is 2.36. The van der Waals surface area contributed by atoms with Gasteiger partial charge in [-0.3, -0.25) is 4.57 Å². The normalized spacial score (nSPS) is 11.5. The van der Waals surface area contributed by atoms with Crippen molar-refractivity contribution in [2.75, 3.05) is 6.54 Å². The number of aryl methyl sites for hydroxylation is 3. The zero-order valence-electron chi connectivity index (χ0n) is 19.2. The van der Waals surface area contributed by atoms with Crippen LogP contribution in [0.5, 0.6) is 0 Å². The topological polar surface area (TPSA) is 119 Å². The van der Waals surface area contributed by atoms with Gasteiger partial charge in [-0.05, 0) is 61.7 Å². The average molecular weight is 479 g/mol. The fraction of sp³-hybridized carbons (Fsp3) is 0.250. The van der Waals surface area contributed by atoms with Crippen LogP contribution in [0.3, 0.4) is 0 Å². The van der Waals surface area contributed by atoms with Crippen molar-refractivity contribution in [2.45, 2.75) is 38.6 Å². The van der Waals surface area contributed by atoms with E-state index in [4.69, 9.17) is 9.97 Å². The number of rotatable bonds is 7. The molecule has 9 nitrogen and oxygen atoms in total. The Morgan fingerprint density at radius 2 is 1.82 bits per heavy atom. The number of fused-ring (bicyclic) bond motifs is 1. The number of benzene rings is 1. The fourth-order valence-electron chi connectivity index (χ4n) is 3.76. The third-order valence-corrected chi connectivity index (χ3v) is 6.60. The minimum atomic E-state index is -4.00. The van der Waals surface area contributed by atoms with Crippen molar-refractivity contribution in [3.05, 3.63) is 77.4 Å². The van der Waals surface area contributed by atoms with Crippen molar-refractivity contribution < 1.29 is 13.2 Å². The maximum atomic E-state index is 12.2. The highest BCUT2D eigenvalue weighted by atomic mass is 32.2. The van der Waals surface area contributed by atoms with E-state index in [2.05, 4.69) is 21.8 Å². The molecule has 4 aromatic rings. The Morgan fingerprint density at radius 3 is 2.50 bits per heavy atom. The van der Waals surface area contributed by atoms with Crippen LogP contribution >= 0.6 is 0 Å². The number of aromatic nitrogens is 4. The second-order valence-corrected chi connectivity index (χ2v) is 9.54. The Balaban J connectivity index is 1.42. The highest BCUT2D eigenvalue weighted by Gasteiger charge is 2.18. The van der Waals surface area contributed by atoms with Crippen molar-refractivity contribution in [2.24, 2.45) is 0 Å². The molecule has 2 amide bonds. The van der Waals surface area contributed by atoms with Gasteiger partial charge in [0.25, 0.3) is 10.0 Å². The van der Waals surface area contributed by atoms with E-state index in [1.54, 1.807) is 6.07 Å². The SMILES string of the molecule is CCc1nc2c(C)cc(C)nc2n1-c1ccc(CCNC(=O)NS(=O)(=O)c2ccccn2)cc1. The first-order chi connectivity index (χ1) is 16.3. The number of urea groups is 1. The molecule has 0 aliphatic rings. The van der Waals surface area contributed by atoms with Crippen LogP contribution in [0.2, 0.25) is 0 Å². The van der Waals surface area contributed by atoms with Crippen molar-refractivity contribution in [3.8, 4) is 5.69 Å². The molecule has 0 saturated heterocycles. The molecule has 176 valence electrons. The van der Waals surface area contributed by atoms with Crippen LogP contribution in [0, 0.1) is 13.8 Å². The molecule has 0 saturated carbocycles. The number of nitrogens with zero attached hydrogens (tertiary/aromatic N) is 4. The van der Waals surface area contributed by atoms with E-state index in [1.807, 2.05) is 48.9 Å². The van der Waals surface area contributed by atoms with E-state index in [9.17, 15) is 13.2 Å². The quantitative estimate of drug-likeness (QED) is 0.421. The molecule has 0 unspecified atom stereocenters. The summed E-state index contributed by atoms with van der Waals surface area (Å²) in [4.78, 5) is 25.3. The van der Waals surface area contributed by atoms with Crippen LogP contribution < -0.4 is 10.0 Å². The van der Waals surface area contributed by atoms with E-state index in [-0.39, 0.29) is 11.6 Å². The molecule has 4 rings (SSSR count). The lowest BCUT2D eigenvalue weighted by molar-refractivity contribution is 0.246. The summed E-state index contributed by atoms with van der Waals surface area (Å²) in [5.41, 5.74) is 5.76. The van der Waals surface area contributed by atoms with Crippen LogP contribution in [0.25, 0.3) is 16.9 Å². The van der Waals surface area contributed by atoms with Crippen LogP contribution in [-0.2, 0) is 22.9 Å². The molecule has 0 radical (unpaired) electrons. The molecule has 10 heteroatoms. The Morgan fingerprint density at radius 1 is 1.06 bits per heavy atom. The van der Waals surface area contributed by atoms with Gasteiger partial charge in [-0.2, -0.15) is 8.42 Å². The average Bonchev–Trinajstić information content (AvgIpc) is 3.18. The van der Waals surface area contributed by atoms with Crippen LogP contribution in [0.1, 0.15) is 29.6 Å². The third-order valence-electron chi connectivity index (χ3n) is 5.35. The minimum Gasteiger partial charge on any atom is -0.337 e. The number of carbonyl (C=O) groups is 1. The first-order valence-electron chi connectivity index (χ1n) is 10.9. The summed E-state index contributed by atoms with van der Waals surface area (Å²) in [7, 11) is -4.00. The first kappa shape index (κ1) is 23.4. The highest BCUT2D eigenvalue weighted by Crippen LogP contribution is 2.24. The summed E-state index contributed by atoms with van der Waals surface area (Å²) in [5.74, 6) is 0.941. The first-order valence-corrected chi connectivity index (χ1v) is 12.4. The van der Waals surface area contributed by atoms with E-state index in [0.29, 0.717) is 6.42 Å². The summed E-state index contributed by atoms with van der Waals surface area (Å²) < 4.78 is 28.4. The number of sulfonamides is 1. The van der Waals surface area contributed by atoms with Crippen LogP contribution in [0.4, 0.5) is 4.79 Å². The maximum absolute atomic E-state index is 12.2. The van der Waals surface area contributed by atoms with Crippen molar-refractivity contribution >= 4 is 27.2 Å². The predicted octanol–water partition coefficient (Wildman–Crippen LogP) is 3.23. The molecular weight excluding hydrogens is 452 g/mol. The molecule has 0 fully saturated rings. The number of imidazole rings is 1. The van der Waals surface area contributed by atoms with Gasteiger partial charge in [0.15, 0.2) is 10.7 Å². The smallest absolute Gasteiger partial charge is 0.328 e.